The number of carbonyl (C=O) groups is 1. The molecule has 0 bridgehead atoms. The third kappa shape index (κ3) is 2.16. The summed E-state index contributed by atoms with van der Waals surface area (Å²) in [6.07, 6.45) is 0. The van der Waals surface area contributed by atoms with Crippen molar-refractivity contribution in [1.82, 2.24) is 0 Å². The summed E-state index contributed by atoms with van der Waals surface area (Å²) < 4.78 is 28.9. The van der Waals surface area contributed by atoms with Gasteiger partial charge in [0.05, 0.1) is 11.4 Å². The van der Waals surface area contributed by atoms with E-state index in [0.29, 0.717) is 21.2 Å². The molecule has 1 atom stereocenters. The molecule has 2 heterocycles. The molecule has 116 valence electrons. The first-order chi connectivity index (χ1) is 11.0. The predicted molar refractivity (Wildman–Crippen MR) is 91.3 cm³/mol. The molecule has 4 rings (SSSR count). The van der Waals surface area contributed by atoms with Crippen molar-refractivity contribution in [1.29, 1.82) is 0 Å². The fourth-order valence-electron chi connectivity index (χ4n) is 3.09. The first-order valence-electron chi connectivity index (χ1n) is 6.89. The summed E-state index contributed by atoms with van der Waals surface area (Å²) in [5.74, 6) is -0.773. The van der Waals surface area contributed by atoms with Gasteiger partial charge in [-0.05, 0) is 41.0 Å². The summed E-state index contributed by atoms with van der Waals surface area (Å²) in [5.41, 5.74) is 2.62. The van der Waals surface area contributed by atoms with Crippen LogP contribution in [0.25, 0.3) is 5.57 Å². The number of nitrogens with zero attached hydrogens (tertiary/aromatic N) is 1. The molecule has 1 saturated heterocycles. The van der Waals surface area contributed by atoms with Crippen molar-refractivity contribution in [2.45, 2.75) is 5.37 Å². The molecular formula is C17H10BrF2NOS. The highest BCUT2D eigenvalue weighted by Crippen LogP contribution is 2.51. The van der Waals surface area contributed by atoms with Crippen molar-refractivity contribution in [3.8, 4) is 0 Å². The minimum absolute atomic E-state index is 0.160. The van der Waals surface area contributed by atoms with E-state index < -0.39 is 5.82 Å². The van der Waals surface area contributed by atoms with Gasteiger partial charge >= 0.3 is 0 Å². The maximum Gasteiger partial charge on any atom is 0.238 e. The van der Waals surface area contributed by atoms with Crippen LogP contribution >= 0.6 is 27.7 Å². The number of rotatable bonds is 0. The lowest BCUT2D eigenvalue weighted by molar-refractivity contribution is -0.115. The summed E-state index contributed by atoms with van der Waals surface area (Å²) in [6, 6.07) is 7.45. The van der Waals surface area contributed by atoms with Gasteiger partial charge in [-0.25, -0.2) is 8.78 Å². The van der Waals surface area contributed by atoms with Crippen LogP contribution in [0.2, 0.25) is 0 Å². The fourth-order valence-corrected chi connectivity index (χ4v) is 4.71. The smallest absolute Gasteiger partial charge is 0.238 e. The Balaban J connectivity index is 2.09. The molecule has 2 nitrogen and oxygen atoms in total. The topological polar surface area (TPSA) is 20.3 Å². The lowest BCUT2D eigenvalue weighted by Gasteiger charge is -2.24. The number of amides is 1. The van der Waals surface area contributed by atoms with Crippen LogP contribution in [0.4, 0.5) is 14.5 Å². The molecule has 0 N–H and O–H groups in total. The molecule has 1 fully saturated rings. The zero-order chi connectivity index (χ0) is 16.3. The van der Waals surface area contributed by atoms with E-state index in [9.17, 15) is 13.6 Å². The second kappa shape index (κ2) is 5.18. The van der Waals surface area contributed by atoms with Gasteiger partial charge in [0, 0.05) is 10.0 Å². The minimum atomic E-state index is -0.496. The van der Waals surface area contributed by atoms with E-state index in [2.05, 4.69) is 22.5 Å². The molecule has 1 amide bonds. The maximum absolute atomic E-state index is 14.7. The SMILES string of the molecule is C=C1c2cc(F)ccc2C2SCC(=O)N2c2c(F)cc(Br)cc21. The lowest BCUT2D eigenvalue weighted by Crippen LogP contribution is -2.28. The molecule has 0 spiro atoms. The van der Waals surface area contributed by atoms with Crippen molar-refractivity contribution >= 4 is 44.9 Å². The number of thioether (sulfide) groups is 1. The van der Waals surface area contributed by atoms with Gasteiger partial charge in [0.15, 0.2) is 0 Å². The average molecular weight is 394 g/mol. The third-order valence-electron chi connectivity index (χ3n) is 4.07. The second-order valence-electron chi connectivity index (χ2n) is 5.42. The van der Waals surface area contributed by atoms with Gasteiger partial charge in [0.2, 0.25) is 5.91 Å². The van der Waals surface area contributed by atoms with E-state index in [1.165, 1.54) is 34.9 Å². The number of anilines is 1. The van der Waals surface area contributed by atoms with Crippen LogP contribution in [-0.2, 0) is 4.79 Å². The van der Waals surface area contributed by atoms with Crippen LogP contribution in [0.5, 0.6) is 0 Å². The maximum atomic E-state index is 14.7. The quantitative estimate of drug-likeness (QED) is 0.635. The molecular weight excluding hydrogens is 384 g/mol. The molecule has 2 aliphatic heterocycles. The largest absolute Gasteiger partial charge is 0.291 e. The van der Waals surface area contributed by atoms with Crippen LogP contribution in [0.3, 0.4) is 0 Å². The molecule has 0 saturated carbocycles. The van der Waals surface area contributed by atoms with Gasteiger partial charge in [0.25, 0.3) is 0 Å². The van der Waals surface area contributed by atoms with Crippen LogP contribution in [0.15, 0.2) is 41.4 Å². The minimum Gasteiger partial charge on any atom is -0.291 e. The monoisotopic (exact) mass is 393 g/mol. The molecule has 23 heavy (non-hydrogen) atoms. The fraction of sp³-hybridized carbons (Fsp3) is 0.118. The number of hydrogen-bond acceptors (Lipinski definition) is 2. The van der Waals surface area contributed by atoms with Crippen LogP contribution < -0.4 is 4.90 Å². The summed E-state index contributed by atoms with van der Waals surface area (Å²) in [7, 11) is 0. The highest BCUT2D eigenvalue weighted by Gasteiger charge is 2.41. The number of hydrogen-bond donors (Lipinski definition) is 0. The molecule has 0 radical (unpaired) electrons. The zero-order valence-electron chi connectivity index (χ0n) is 11.8. The van der Waals surface area contributed by atoms with E-state index in [-0.39, 0.29) is 28.5 Å². The van der Waals surface area contributed by atoms with Crippen molar-refractivity contribution < 1.29 is 13.6 Å². The Kier molecular flexibility index (Phi) is 3.35. The first-order valence-corrected chi connectivity index (χ1v) is 8.73. The van der Waals surface area contributed by atoms with Crippen molar-refractivity contribution in [2.24, 2.45) is 0 Å². The Bertz CT molecular complexity index is 883. The molecule has 0 aliphatic carbocycles. The van der Waals surface area contributed by atoms with E-state index in [1.54, 1.807) is 12.1 Å². The van der Waals surface area contributed by atoms with Crippen molar-refractivity contribution in [3.63, 3.8) is 0 Å². The Morgan fingerprint density at radius 3 is 2.78 bits per heavy atom. The highest BCUT2D eigenvalue weighted by molar-refractivity contribution is 9.10. The molecule has 0 aromatic heterocycles. The standard InChI is InChI=1S/C17H10BrF2NOS/c1-8-12-6-10(19)2-3-11(12)17-21(15(22)7-23-17)16-13(8)4-9(18)5-14(16)20/h2-6,17H,1,7H2. The van der Waals surface area contributed by atoms with Crippen LogP contribution in [0, 0.1) is 11.6 Å². The van der Waals surface area contributed by atoms with Gasteiger partial charge in [-0.2, -0.15) is 0 Å². The molecule has 6 heteroatoms. The van der Waals surface area contributed by atoms with E-state index >= 15 is 0 Å². The van der Waals surface area contributed by atoms with E-state index in [4.69, 9.17) is 0 Å². The Morgan fingerprint density at radius 2 is 2.00 bits per heavy atom. The van der Waals surface area contributed by atoms with Gasteiger partial charge in [-0.3, -0.25) is 9.69 Å². The summed E-state index contributed by atoms with van der Waals surface area (Å²) >= 11 is 4.68. The number of fused-ring (bicyclic) bond motifs is 5. The molecule has 1 unspecified atom stereocenters. The molecule has 2 aromatic carbocycles. The Hall–Kier alpha value is -1.66. The van der Waals surface area contributed by atoms with Crippen molar-refractivity contribution in [3.05, 3.63) is 69.7 Å². The Labute approximate surface area is 144 Å². The van der Waals surface area contributed by atoms with E-state index in [0.717, 1.165) is 5.56 Å². The lowest BCUT2D eigenvalue weighted by atomic mass is 9.95. The normalized spacial score (nSPS) is 19.3. The number of benzene rings is 2. The summed E-state index contributed by atoms with van der Waals surface area (Å²) in [6.45, 7) is 4.03. The van der Waals surface area contributed by atoms with Gasteiger partial charge in [-0.1, -0.05) is 28.6 Å². The number of carbonyl (C=O) groups excluding carboxylic acids is 1. The van der Waals surface area contributed by atoms with Crippen molar-refractivity contribution in [2.75, 3.05) is 10.7 Å². The van der Waals surface area contributed by atoms with Gasteiger partial charge in [-0.15, -0.1) is 11.8 Å². The first kappa shape index (κ1) is 14.9. The Morgan fingerprint density at radius 1 is 1.22 bits per heavy atom. The average Bonchev–Trinajstić information content (AvgIpc) is 2.82. The predicted octanol–water partition coefficient (Wildman–Crippen LogP) is 4.88. The highest BCUT2D eigenvalue weighted by atomic mass is 79.9. The number of halogens is 3. The molecule has 2 aromatic rings. The van der Waals surface area contributed by atoms with Crippen LogP contribution in [0.1, 0.15) is 22.1 Å². The molecule has 2 aliphatic rings. The van der Waals surface area contributed by atoms with E-state index in [1.807, 2.05) is 0 Å². The third-order valence-corrected chi connectivity index (χ3v) is 5.72. The summed E-state index contributed by atoms with van der Waals surface area (Å²) in [4.78, 5) is 13.8. The zero-order valence-corrected chi connectivity index (χ0v) is 14.2. The van der Waals surface area contributed by atoms with Crippen LogP contribution in [-0.4, -0.2) is 11.7 Å². The van der Waals surface area contributed by atoms with Gasteiger partial charge in [0.1, 0.15) is 17.0 Å². The summed E-state index contributed by atoms with van der Waals surface area (Å²) in [5, 5.41) is -0.369. The second-order valence-corrected chi connectivity index (χ2v) is 7.41. The van der Waals surface area contributed by atoms with Gasteiger partial charge < -0.3 is 0 Å².